The van der Waals surface area contributed by atoms with E-state index in [1.165, 1.54) is 0 Å². The molecule has 0 heterocycles. The molecule has 0 unspecified atom stereocenters. The minimum atomic E-state index is -2.99. The molecule has 0 N–H and O–H groups in total. The van der Waals surface area contributed by atoms with Crippen LogP contribution in [0, 0.1) is 0 Å². The van der Waals surface area contributed by atoms with Crippen molar-refractivity contribution in [2.45, 2.75) is 12.3 Å². The minimum absolute atomic E-state index is 0.554. The molecule has 0 saturated carbocycles. The van der Waals surface area contributed by atoms with E-state index in [4.69, 9.17) is 39.8 Å². The van der Waals surface area contributed by atoms with E-state index in [9.17, 15) is 0 Å². The maximum absolute atomic E-state index is 5.70. The fourth-order valence-electron chi connectivity index (χ4n) is 5.33. The van der Waals surface area contributed by atoms with Crippen molar-refractivity contribution in [3.05, 3.63) is 89.5 Å². The van der Waals surface area contributed by atoms with Gasteiger partial charge in [-0.3, -0.25) is 0 Å². The van der Waals surface area contributed by atoms with Crippen molar-refractivity contribution in [1.82, 2.24) is 0 Å². The van der Waals surface area contributed by atoms with Gasteiger partial charge in [-0.2, -0.15) is 0 Å². The van der Waals surface area contributed by atoms with Crippen LogP contribution in [0.1, 0.15) is 23.6 Å². The molecule has 0 aliphatic rings. The van der Waals surface area contributed by atoms with Gasteiger partial charge in [-0.15, -0.1) is 0 Å². The maximum atomic E-state index is 5.70. The Hall–Kier alpha value is -2.05. The van der Waals surface area contributed by atoms with E-state index in [0.717, 1.165) is 32.3 Å². The Morgan fingerprint density at radius 2 is 0.512 bits per heavy atom. The van der Waals surface area contributed by atoms with Gasteiger partial charge < -0.3 is 39.8 Å². The van der Waals surface area contributed by atoms with Crippen molar-refractivity contribution in [3.63, 3.8) is 0 Å². The molecule has 12 heteroatoms. The molecule has 224 valence electrons. The molecular weight excluding hydrogens is 577 g/mol. The van der Waals surface area contributed by atoms with Crippen LogP contribution in [0.3, 0.4) is 0 Å². The van der Waals surface area contributed by atoms with Gasteiger partial charge in [-0.1, -0.05) is 72.8 Å². The lowest BCUT2D eigenvalue weighted by Crippen LogP contribution is -2.55. The van der Waals surface area contributed by atoms with E-state index in [1.807, 2.05) is 36.4 Å². The van der Waals surface area contributed by atoms with Gasteiger partial charge >= 0.3 is 26.4 Å². The van der Waals surface area contributed by atoms with Crippen LogP contribution in [0.4, 0.5) is 0 Å². The van der Waals surface area contributed by atoms with Crippen LogP contribution in [-0.4, -0.2) is 90.4 Å². The molecule has 0 aromatic heterocycles. The van der Waals surface area contributed by atoms with Crippen molar-refractivity contribution in [2.24, 2.45) is 0 Å². The fourth-order valence-corrected chi connectivity index (χ4v) is 10.7. The van der Waals surface area contributed by atoms with E-state index in [0.29, 0.717) is 0 Å². The first kappa shape index (κ1) is 33.5. The molecular formula is C29H42O9Si3. The second-order valence-corrected chi connectivity index (χ2v) is 18.1. The van der Waals surface area contributed by atoms with Crippen molar-refractivity contribution >= 4 is 42.0 Å². The average Bonchev–Trinajstić information content (AvgIpc) is 3.05. The van der Waals surface area contributed by atoms with E-state index in [1.54, 1.807) is 64.0 Å². The van der Waals surface area contributed by atoms with Gasteiger partial charge in [-0.25, -0.2) is 0 Å². The third-order valence-electron chi connectivity index (χ3n) is 7.87. The lowest BCUT2D eigenvalue weighted by molar-refractivity contribution is 0.140. The van der Waals surface area contributed by atoms with Crippen LogP contribution in [0.2, 0.25) is 0 Å². The fraction of sp³-hybridized carbons (Fsp3) is 0.379. The van der Waals surface area contributed by atoms with Crippen LogP contribution < -0.4 is 15.6 Å². The standard InChI is InChI=1S/C29H42O9Si3/c1-29(23-11-17-26(18-12-23)39(30-2,31-3)32-4,24-13-19-27(20-14-24)40(33-5,34-6)35-7)25-15-21-28(22-16-25)41(36-8,37-9)38-10/h11-22H,1-10H3. The average molecular weight is 619 g/mol. The summed E-state index contributed by atoms with van der Waals surface area (Å²) in [5.74, 6) is 0. The largest absolute Gasteiger partial charge is 0.536 e. The van der Waals surface area contributed by atoms with Crippen LogP contribution >= 0.6 is 0 Å². The Labute approximate surface area is 247 Å². The molecule has 0 atom stereocenters. The van der Waals surface area contributed by atoms with Crippen LogP contribution in [0.5, 0.6) is 0 Å². The highest BCUT2D eigenvalue weighted by molar-refractivity contribution is 6.76. The van der Waals surface area contributed by atoms with E-state index < -0.39 is 31.8 Å². The summed E-state index contributed by atoms with van der Waals surface area (Å²) in [5.41, 5.74) is 2.64. The minimum Gasteiger partial charge on any atom is -0.373 e. The highest BCUT2D eigenvalue weighted by Crippen LogP contribution is 2.38. The first-order valence-corrected chi connectivity index (χ1v) is 18.1. The smallest absolute Gasteiger partial charge is 0.373 e. The summed E-state index contributed by atoms with van der Waals surface area (Å²) in [6.45, 7) is 2.20. The summed E-state index contributed by atoms with van der Waals surface area (Å²) >= 11 is 0. The molecule has 9 nitrogen and oxygen atoms in total. The molecule has 0 amide bonds. The molecule has 0 radical (unpaired) electrons. The first-order chi connectivity index (χ1) is 19.7. The van der Waals surface area contributed by atoms with Crippen LogP contribution in [0.15, 0.2) is 72.8 Å². The van der Waals surface area contributed by atoms with Crippen molar-refractivity contribution in [2.75, 3.05) is 64.0 Å². The highest BCUT2D eigenvalue weighted by Gasteiger charge is 2.44. The number of hydrogen-bond acceptors (Lipinski definition) is 9. The topological polar surface area (TPSA) is 83.1 Å². The molecule has 3 aromatic rings. The van der Waals surface area contributed by atoms with Gasteiger partial charge in [0.1, 0.15) is 0 Å². The maximum Gasteiger partial charge on any atom is 0.536 e. The number of rotatable bonds is 15. The van der Waals surface area contributed by atoms with E-state index >= 15 is 0 Å². The van der Waals surface area contributed by atoms with Gasteiger partial charge in [0.05, 0.1) is 0 Å². The van der Waals surface area contributed by atoms with Gasteiger partial charge in [0.2, 0.25) is 0 Å². The highest BCUT2D eigenvalue weighted by atomic mass is 28.4. The molecule has 0 spiro atoms. The number of benzene rings is 3. The van der Waals surface area contributed by atoms with Gasteiger partial charge in [0.25, 0.3) is 0 Å². The quantitative estimate of drug-likeness (QED) is 0.188. The second kappa shape index (κ2) is 13.9. The summed E-state index contributed by atoms with van der Waals surface area (Å²) < 4.78 is 51.3. The molecule has 0 aliphatic heterocycles. The molecule has 41 heavy (non-hydrogen) atoms. The SMILES string of the molecule is CO[Si](OC)(OC)c1ccc(C(C)(c2ccc([Si](OC)(OC)OC)cc2)c2ccc([Si](OC)(OC)OC)cc2)cc1. The van der Waals surface area contributed by atoms with Gasteiger partial charge in [0, 0.05) is 85.0 Å². The predicted molar refractivity (Wildman–Crippen MR) is 164 cm³/mol. The third kappa shape index (κ3) is 5.93. The molecule has 0 saturated heterocycles. The zero-order chi connectivity index (χ0) is 30.3. The van der Waals surface area contributed by atoms with Gasteiger partial charge in [-0.05, 0) is 23.6 Å². The second-order valence-electron chi connectivity index (χ2n) is 9.36. The zero-order valence-corrected chi connectivity index (χ0v) is 28.6. The Kier molecular flexibility index (Phi) is 11.4. The van der Waals surface area contributed by atoms with Crippen LogP contribution in [0.25, 0.3) is 0 Å². The van der Waals surface area contributed by atoms with Gasteiger partial charge in [0.15, 0.2) is 0 Å². The van der Waals surface area contributed by atoms with E-state index in [-0.39, 0.29) is 0 Å². The molecule has 3 rings (SSSR count). The Morgan fingerprint density at radius 1 is 0.341 bits per heavy atom. The number of hydrogen-bond donors (Lipinski definition) is 0. The predicted octanol–water partition coefficient (Wildman–Crippen LogP) is 2.30. The Balaban J connectivity index is 2.20. The van der Waals surface area contributed by atoms with E-state index in [2.05, 4.69) is 43.3 Å². The van der Waals surface area contributed by atoms with Crippen molar-refractivity contribution in [3.8, 4) is 0 Å². The Morgan fingerprint density at radius 3 is 0.659 bits per heavy atom. The monoisotopic (exact) mass is 618 g/mol. The normalized spacial score (nSPS) is 13.0. The summed E-state index contributed by atoms with van der Waals surface area (Å²) in [6.07, 6.45) is 0. The summed E-state index contributed by atoms with van der Waals surface area (Å²) in [7, 11) is 5.47. The van der Waals surface area contributed by atoms with Crippen LogP contribution in [-0.2, 0) is 45.2 Å². The summed E-state index contributed by atoms with van der Waals surface area (Å²) in [5, 5.41) is 2.61. The zero-order valence-electron chi connectivity index (χ0n) is 25.6. The lowest BCUT2D eigenvalue weighted by atomic mass is 9.71. The molecule has 0 bridgehead atoms. The lowest BCUT2D eigenvalue weighted by Gasteiger charge is -2.34. The molecule has 3 aromatic carbocycles. The Bertz CT molecular complexity index is 1050. The first-order valence-electron chi connectivity index (χ1n) is 13.0. The van der Waals surface area contributed by atoms with Crippen molar-refractivity contribution in [1.29, 1.82) is 0 Å². The summed E-state index contributed by atoms with van der Waals surface area (Å²) in [6, 6.07) is 24.6. The molecule has 0 aliphatic carbocycles. The third-order valence-corrected chi connectivity index (χ3v) is 15.8. The molecule has 0 fully saturated rings. The summed E-state index contributed by atoms with van der Waals surface area (Å²) in [4.78, 5) is 0. The van der Waals surface area contributed by atoms with Crippen molar-refractivity contribution < 1.29 is 39.8 Å².